The SMILES string of the molecule is COc1c(C)cc(CN(C)CC(=O)c2cn(CCC#N)c3ccccc23)cc1C. The standard InChI is InChI=1S/C24H27N3O2/c1-17-12-19(13-18(2)24(17)29-4)14-26(3)16-23(28)21-15-27(11-7-10-25)22-9-6-5-8-20(21)22/h5-6,8-9,12-13,15H,7,11,14,16H2,1-4H3. The van der Waals surface area contributed by atoms with Crippen LogP contribution >= 0.6 is 0 Å². The number of benzene rings is 2. The maximum atomic E-state index is 13.0. The first-order chi connectivity index (χ1) is 13.9. The van der Waals surface area contributed by atoms with Crippen molar-refractivity contribution in [1.29, 1.82) is 5.26 Å². The van der Waals surface area contributed by atoms with Gasteiger partial charge >= 0.3 is 0 Å². The second kappa shape index (κ2) is 8.93. The van der Waals surface area contributed by atoms with Crippen LogP contribution in [0.25, 0.3) is 10.9 Å². The zero-order valence-corrected chi connectivity index (χ0v) is 17.5. The number of ketones is 1. The first-order valence-corrected chi connectivity index (χ1v) is 9.75. The average Bonchev–Trinajstić information content (AvgIpc) is 3.05. The van der Waals surface area contributed by atoms with Crippen molar-refractivity contribution < 1.29 is 9.53 Å². The van der Waals surface area contributed by atoms with Gasteiger partial charge in [0.15, 0.2) is 5.78 Å². The number of hydrogen-bond acceptors (Lipinski definition) is 4. The normalized spacial score (nSPS) is 11.0. The number of para-hydroxylation sites is 1. The summed E-state index contributed by atoms with van der Waals surface area (Å²) < 4.78 is 7.44. The topological polar surface area (TPSA) is 58.3 Å². The number of aromatic nitrogens is 1. The molecule has 0 saturated heterocycles. The zero-order valence-electron chi connectivity index (χ0n) is 17.5. The van der Waals surface area contributed by atoms with Crippen molar-refractivity contribution in [2.75, 3.05) is 20.7 Å². The number of Topliss-reactive ketones (excluding diaryl/α,β-unsaturated/α-hetero) is 1. The molecule has 5 nitrogen and oxygen atoms in total. The number of methoxy groups -OCH3 is 1. The smallest absolute Gasteiger partial charge is 0.178 e. The van der Waals surface area contributed by atoms with Crippen LogP contribution in [0, 0.1) is 25.2 Å². The van der Waals surface area contributed by atoms with Crippen LogP contribution in [-0.4, -0.2) is 36.0 Å². The molecule has 0 spiro atoms. The minimum atomic E-state index is 0.0846. The number of nitriles is 1. The number of ether oxygens (including phenoxy) is 1. The molecule has 1 aromatic heterocycles. The lowest BCUT2D eigenvalue weighted by Gasteiger charge is -2.18. The molecule has 0 aliphatic carbocycles. The van der Waals surface area contributed by atoms with Crippen LogP contribution in [-0.2, 0) is 13.1 Å². The third-order valence-corrected chi connectivity index (χ3v) is 5.14. The Balaban J connectivity index is 1.77. The molecule has 0 radical (unpaired) electrons. The zero-order chi connectivity index (χ0) is 21.0. The number of rotatable bonds is 8. The van der Waals surface area contributed by atoms with Gasteiger partial charge in [0.1, 0.15) is 5.75 Å². The van der Waals surface area contributed by atoms with Gasteiger partial charge in [-0.2, -0.15) is 5.26 Å². The Morgan fingerprint density at radius 1 is 1.21 bits per heavy atom. The molecular formula is C24H27N3O2. The van der Waals surface area contributed by atoms with E-state index in [2.05, 4.69) is 18.2 Å². The molecule has 0 aliphatic rings. The highest BCUT2D eigenvalue weighted by molar-refractivity contribution is 6.09. The summed E-state index contributed by atoms with van der Waals surface area (Å²) in [4.78, 5) is 15.1. The fourth-order valence-electron chi connectivity index (χ4n) is 3.98. The molecule has 5 heteroatoms. The van der Waals surface area contributed by atoms with Crippen LogP contribution in [0.1, 0.15) is 33.5 Å². The maximum absolute atomic E-state index is 13.0. The van der Waals surface area contributed by atoms with E-state index in [1.54, 1.807) is 7.11 Å². The van der Waals surface area contributed by atoms with Gasteiger partial charge in [-0.15, -0.1) is 0 Å². The summed E-state index contributed by atoms with van der Waals surface area (Å²) in [5.74, 6) is 0.999. The number of likely N-dealkylation sites (N-methyl/N-ethyl adjacent to an activating group) is 1. The van der Waals surface area contributed by atoms with Gasteiger partial charge in [-0.3, -0.25) is 9.69 Å². The minimum Gasteiger partial charge on any atom is -0.496 e. The van der Waals surface area contributed by atoms with Crippen LogP contribution in [0.5, 0.6) is 5.75 Å². The minimum absolute atomic E-state index is 0.0846. The largest absolute Gasteiger partial charge is 0.496 e. The highest BCUT2D eigenvalue weighted by atomic mass is 16.5. The molecule has 1 heterocycles. The first kappa shape index (κ1) is 20.6. The van der Waals surface area contributed by atoms with E-state index in [0.717, 1.165) is 33.3 Å². The van der Waals surface area contributed by atoms with E-state index >= 15 is 0 Å². The average molecular weight is 389 g/mol. The van der Waals surface area contributed by atoms with Crippen LogP contribution < -0.4 is 4.74 Å². The van der Waals surface area contributed by atoms with Crippen molar-refractivity contribution in [3.8, 4) is 11.8 Å². The van der Waals surface area contributed by atoms with Crippen molar-refractivity contribution >= 4 is 16.7 Å². The number of carbonyl (C=O) groups is 1. The summed E-state index contributed by atoms with van der Waals surface area (Å²) in [7, 11) is 3.65. The molecule has 0 unspecified atom stereocenters. The molecule has 0 amide bonds. The molecular weight excluding hydrogens is 362 g/mol. The Morgan fingerprint density at radius 2 is 1.90 bits per heavy atom. The van der Waals surface area contributed by atoms with Crippen molar-refractivity contribution in [1.82, 2.24) is 9.47 Å². The summed E-state index contributed by atoms with van der Waals surface area (Å²) in [6.07, 6.45) is 2.31. The number of hydrogen-bond donors (Lipinski definition) is 0. The van der Waals surface area contributed by atoms with Crippen LogP contribution in [0.4, 0.5) is 0 Å². The lowest BCUT2D eigenvalue weighted by atomic mass is 10.0. The molecule has 3 rings (SSSR count). The van der Waals surface area contributed by atoms with Gasteiger partial charge in [-0.05, 0) is 43.7 Å². The Morgan fingerprint density at radius 3 is 2.55 bits per heavy atom. The van der Waals surface area contributed by atoms with Gasteiger partial charge < -0.3 is 9.30 Å². The highest BCUT2D eigenvalue weighted by Gasteiger charge is 2.17. The Hall–Kier alpha value is -3.10. The van der Waals surface area contributed by atoms with E-state index in [0.29, 0.717) is 31.6 Å². The molecule has 29 heavy (non-hydrogen) atoms. The van der Waals surface area contributed by atoms with Crippen LogP contribution in [0.3, 0.4) is 0 Å². The van der Waals surface area contributed by atoms with Gasteiger partial charge in [0.25, 0.3) is 0 Å². The van der Waals surface area contributed by atoms with Crippen molar-refractivity contribution in [2.24, 2.45) is 0 Å². The fourth-order valence-corrected chi connectivity index (χ4v) is 3.98. The van der Waals surface area contributed by atoms with Crippen LogP contribution in [0.2, 0.25) is 0 Å². The molecule has 0 fully saturated rings. The predicted octanol–water partition coefficient (Wildman–Crippen LogP) is 4.50. The number of aryl methyl sites for hydroxylation is 3. The summed E-state index contributed by atoms with van der Waals surface area (Å²) in [6, 6.07) is 14.3. The first-order valence-electron chi connectivity index (χ1n) is 9.75. The molecule has 0 saturated carbocycles. The molecule has 0 aliphatic heterocycles. The summed E-state index contributed by atoms with van der Waals surface area (Å²) >= 11 is 0. The van der Waals surface area contributed by atoms with E-state index in [4.69, 9.17) is 10.00 Å². The van der Waals surface area contributed by atoms with Gasteiger partial charge in [0.2, 0.25) is 0 Å². The van der Waals surface area contributed by atoms with Gasteiger partial charge in [0, 0.05) is 35.8 Å². The van der Waals surface area contributed by atoms with E-state index in [9.17, 15) is 4.79 Å². The number of carbonyl (C=O) groups excluding carboxylic acids is 1. The molecule has 3 aromatic rings. The van der Waals surface area contributed by atoms with Crippen molar-refractivity contribution in [2.45, 2.75) is 33.4 Å². The monoisotopic (exact) mass is 389 g/mol. The molecule has 0 N–H and O–H groups in total. The quantitative estimate of drug-likeness (QED) is 0.533. The fraction of sp³-hybridized carbons (Fsp3) is 0.333. The molecule has 0 bridgehead atoms. The molecule has 2 aromatic carbocycles. The lowest BCUT2D eigenvalue weighted by Crippen LogP contribution is -2.25. The second-order valence-electron chi connectivity index (χ2n) is 7.52. The highest BCUT2D eigenvalue weighted by Crippen LogP contribution is 2.25. The van der Waals surface area contributed by atoms with Crippen molar-refractivity contribution in [3.05, 3.63) is 64.8 Å². The van der Waals surface area contributed by atoms with Gasteiger partial charge in [-0.25, -0.2) is 0 Å². The number of nitrogens with zero attached hydrogens (tertiary/aromatic N) is 3. The maximum Gasteiger partial charge on any atom is 0.178 e. The van der Waals surface area contributed by atoms with Crippen molar-refractivity contribution in [3.63, 3.8) is 0 Å². The lowest BCUT2D eigenvalue weighted by molar-refractivity contribution is 0.0944. The summed E-state index contributed by atoms with van der Waals surface area (Å²) in [5, 5.41) is 9.85. The Bertz CT molecular complexity index is 1050. The van der Waals surface area contributed by atoms with E-state index < -0.39 is 0 Å². The molecule has 0 atom stereocenters. The third-order valence-electron chi connectivity index (χ3n) is 5.14. The van der Waals surface area contributed by atoms with Gasteiger partial charge in [0.05, 0.1) is 26.1 Å². The van der Waals surface area contributed by atoms with E-state index in [1.165, 1.54) is 0 Å². The predicted molar refractivity (Wildman–Crippen MR) is 115 cm³/mol. The Kier molecular flexibility index (Phi) is 6.36. The van der Waals surface area contributed by atoms with E-state index in [-0.39, 0.29) is 5.78 Å². The molecule has 150 valence electrons. The van der Waals surface area contributed by atoms with E-state index in [1.807, 2.05) is 60.8 Å². The summed E-state index contributed by atoms with van der Waals surface area (Å²) in [5.41, 5.74) is 5.07. The Labute approximate surface area is 172 Å². The summed E-state index contributed by atoms with van der Waals surface area (Å²) in [6.45, 7) is 5.68. The van der Waals surface area contributed by atoms with Gasteiger partial charge in [-0.1, -0.05) is 30.3 Å². The number of fused-ring (bicyclic) bond motifs is 1. The third kappa shape index (κ3) is 4.49. The second-order valence-corrected chi connectivity index (χ2v) is 7.52. The van der Waals surface area contributed by atoms with Crippen LogP contribution in [0.15, 0.2) is 42.6 Å².